The second-order valence-corrected chi connectivity index (χ2v) is 6.92. The van der Waals surface area contributed by atoms with Gasteiger partial charge in [0.1, 0.15) is 5.70 Å². The van der Waals surface area contributed by atoms with Gasteiger partial charge in [-0.3, -0.25) is 4.79 Å². The standard InChI is InChI=1S/C14H24N2O2S/c1-10-6-5-7-15(10)13(17)12-8-19-9-16(12)11(2)14(3,4)18/h8,10-11,18H,5-7,9H2,1-4H3/t10-,11+/m0/s1. The van der Waals surface area contributed by atoms with Crippen LogP contribution in [0.25, 0.3) is 0 Å². The van der Waals surface area contributed by atoms with E-state index in [1.54, 1.807) is 25.6 Å². The number of hydrogen-bond donors (Lipinski definition) is 1. The molecule has 0 aromatic heterocycles. The summed E-state index contributed by atoms with van der Waals surface area (Å²) in [6.07, 6.45) is 2.18. The number of aliphatic hydroxyl groups is 1. The molecule has 0 aromatic rings. The average Bonchev–Trinajstić information content (AvgIpc) is 2.94. The molecule has 2 rings (SSSR count). The van der Waals surface area contributed by atoms with Gasteiger partial charge in [0, 0.05) is 18.0 Å². The summed E-state index contributed by atoms with van der Waals surface area (Å²) in [5, 5.41) is 12.1. The van der Waals surface area contributed by atoms with Crippen LogP contribution in [0.2, 0.25) is 0 Å². The molecular weight excluding hydrogens is 260 g/mol. The SMILES string of the molecule is C[C@H]1CCCN1C(=O)C1=CSCN1[C@H](C)C(C)(C)O. The minimum atomic E-state index is -0.819. The zero-order valence-corrected chi connectivity index (χ0v) is 13.0. The van der Waals surface area contributed by atoms with Crippen molar-refractivity contribution in [2.75, 3.05) is 12.4 Å². The van der Waals surface area contributed by atoms with E-state index in [1.807, 2.05) is 22.1 Å². The van der Waals surface area contributed by atoms with Gasteiger partial charge in [-0.25, -0.2) is 0 Å². The molecule has 0 spiro atoms. The third kappa shape index (κ3) is 2.92. The van der Waals surface area contributed by atoms with Crippen LogP contribution in [0.1, 0.15) is 40.5 Å². The maximum absolute atomic E-state index is 12.6. The van der Waals surface area contributed by atoms with E-state index >= 15 is 0 Å². The molecule has 0 unspecified atom stereocenters. The van der Waals surface area contributed by atoms with E-state index in [0.29, 0.717) is 6.04 Å². The van der Waals surface area contributed by atoms with Crippen LogP contribution in [0.4, 0.5) is 0 Å². The summed E-state index contributed by atoms with van der Waals surface area (Å²) in [7, 11) is 0. The van der Waals surface area contributed by atoms with E-state index in [-0.39, 0.29) is 11.9 Å². The zero-order chi connectivity index (χ0) is 14.2. The summed E-state index contributed by atoms with van der Waals surface area (Å²) < 4.78 is 0. The number of hydrogen-bond acceptors (Lipinski definition) is 4. The van der Waals surface area contributed by atoms with Gasteiger partial charge in [0.05, 0.1) is 17.5 Å². The second kappa shape index (κ2) is 5.37. The Morgan fingerprint density at radius 1 is 1.58 bits per heavy atom. The molecule has 2 aliphatic heterocycles. The normalized spacial score (nSPS) is 25.7. The summed E-state index contributed by atoms with van der Waals surface area (Å²) in [5.41, 5.74) is -0.0747. The maximum Gasteiger partial charge on any atom is 0.270 e. The molecule has 2 aliphatic rings. The number of nitrogens with zero attached hydrogens (tertiary/aromatic N) is 2. The number of likely N-dealkylation sites (tertiary alicyclic amines) is 1. The molecule has 19 heavy (non-hydrogen) atoms. The van der Waals surface area contributed by atoms with Crippen molar-refractivity contribution in [1.82, 2.24) is 9.80 Å². The summed E-state index contributed by atoms with van der Waals surface area (Å²) in [5.74, 6) is 0.861. The first-order valence-electron chi connectivity index (χ1n) is 6.94. The number of rotatable bonds is 3. The van der Waals surface area contributed by atoms with Crippen LogP contribution in [-0.4, -0.2) is 50.9 Å². The molecule has 1 fully saturated rings. The van der Waals surface area contributed by atoms with Crippen LogP contribution in [0.3, 0.4) is 0 Å². The van der Waals surface area contributed by atoms with Gasteiger partial charge < -0.3 is 14.9 Å². The Bertz CT molecular complexity index is 389. The Balaban J connectivity index is 2.13. The van der Waals surface area contributed by atoms with E-state index in [0.717, 1.165) is 31.0 Å². The summed E-state index contributed by atoms with van der Waals surface area (Å²) in [4.78, 5) is 16.6. The van der Waals surface area contributed by atoms with Crippen molar-refractivity contribution < 1.29 is 9.90 Å². The van der Waals surface area contributed by atoms with Crippen molar-refractivity contribution in [2.45, 2.75) is 58.2 Å². The third-order valence-corrected chi connectivity index (χ3v) is 5.06. The topological polar surface area (TPSA) is 43.8 Å². The average molecular weight is 284 g/mol. The number of thioether (sulfide) groups is 1. The summed E-state index contributed by atoms with van der Waals surface area (Å²) in [6, 6.07) is 0.258. The van der Waals surface area contributed by atoms with Gasteiger partial charge in [-0.05, 0) is 40.5 Å². The highest BCUT2D eigenvalue weighted by Gasteiger charge is 2.37. The van der Waals surface area contributed by atoms with Crippen LogP contribution in [0, 0.1) is 0 Å². The van der Waals surface area contributed by atoms with Gasteiger partial charge in [-0.15, -0.1) is 11.8 Å². The van der Waals surface area contributed by atoms with Crippen molar-refractivity contribution in [3.05, 3.63) is 11.1 Å². The summed E-state index contributed by atoms with van der Waals surface area (Å²) in [6.45, 7) is 8.52. The zero-order valence-electron chi connectivity index (χ0n) is 12.2. The molecule has 0 aliphatic carbocycles. The fraction of sp³-hybridized carbons (Fsp3) is 0.786. The van der Waals surface area contributed by atoms with Gasteiger partial charge in [0.25, 0.3) is 5.91 Å². The molecule has 5 heteroatoms. The summed E-state index contributed by atoms with van der Waals surface area (Å²) >= 11 is 1.63. The second-order valence-electron chi connectivity index (χ2n) is 6.09. The molecule has 1 saturated heterocycles. The molecule has 0 bridgehead atoms. The third-order valence-electron chi connectivity index (χ3n) is 4.24. The lowest BCUT2D eigenvalue weighted by Crippen LogP contribution is -2.49. The predicted molar refractivity (Wildman–Crippen MR) is 78.5 cm³/mol. The Morgan fingerprint density at radius 2 is 2.26 bits per heavy atom. The number of carbonyl (C=O) groups is 1. The van der Waals surface area contributed by atoms with E-state index in [2.05, 4.69) is 6.92 Å². The van der Waals surface area contributed by atoms with E-state index in [1.165, 1.54) is 0 Å². The van der Waals surface area contributed by atoms with Gasteiger partial charge in [0.15, 0.2) is 0 Å². The Morgan fingerprint density at radius 3 is 2.79 bits per heavy atom. The highest BCUT2D eigenvalue weighted by atomic mass is 32.2. The van der Waals surface area contributed by atoms with Crippen LogP contribution >= 0.6 is 11.8 Å². The Kier molecular flexibility index (Phi) is 4.16. The van der Waals surface area contributed by atoms with Crippen LogP contribution in [0.5, 0.6) is 0 Å². The Labute approximate surface area is 119 Å². The van der Waals surface area contributed by atoms with Gasteiger partial charge >= 0.3 is 0 Å². The fourth-order valence-corrected chi connectivity index (χ4v) is 3.58. The molecule has 0 aromatic carbocycles. The molecule has 0 radical (unpaired) electrons. The smallest absolute Gasteiger partial charge is 0.270 e. The number of amides is 1. The van der Waals surface area contributed by atoms with Gasteiger partial charge in [-0.1, -0.05) is 0 Å². The minimum absolute atomic E-state index is 0.0735. The van der Waals surface area contributed by atoms with Gasteiger partial charge in [0.2, 0.25) is 0 Å². The number of carbonyl (C=O) groups excluding carboxylic acids is 1. The molecule has 2 atom stereocenters. The molecule has 2 heterocycles. The first-order valence-corrected chi connectivity index (χ1v) is 7.99. The molecule has 4 nitrogen and oxygen atoms in total. The van der Waals surface area contributed by atoms with Crippen molar-refractivity contribution >= 4 is 17.7 Å². The van der Waals surface area contributed by atoms with E-state index in [9.17, 15) is 9.90 Å². The fourth-order valence-electron chi connectivity index (χ4n) is 2.59. The lowest BCUT2D eigenvalue weighted by molar-refractivity contribution is -0.130. The highest BCUT2D eigenvalue weighted by molar-refractivity contribution is 8.02. The van der Waals surface area contributed by atoms with Crippen LogP contribution in [-0.2, 0) is 4.79 Å². The monoisotopic (exact) mass is 284 g/mol. The maximum atomic E-state index is 12.6. The molecular formula is C14H24N2O2S. The van der Waals surface area contributed by atoms with Crippen molar-refractivity contribution in [2.24, 2.45) is 0 Å². The highest BCUT2D eigenvalue weighted by Crippen LogP contribution is 2.32. The Hall–Kier alpha value is -0.680. The predicted octanol–water partition coefficient (Wildman–Crippen LogP) is 2.00. The molecule has 1 amide bonds. The van der Waals surface area contributed by atoms with E-state index < -0.39 is 5.60 Å². The lowest BCUT2D eigenvalue weighted by Gasteiger charge is -2.37. The first kappa shape index (κ1) is 14.7. The minimum Gasteiger partial charge on any atom is -0.388 e. The van der Waals surface area contributed by atoms with Gasteiger partial charge in [-0.2, -0.15) is 0 Å². The van der Waals surface area contributed by atoms with Crippen molar-refractivity contribution in [1.29, 1.82) is 0 Å². The van der Waals surface area contributed by atoms with E-state index in [4.69, 9.17) is 0 Å². The molecule has 108 valence electrons. The first-order chi connectivity index (χ1) is 8.82. The molecule has 1 N–H and O–H groups in total. The van der Waals surface area contributed by atoms with Crippen molar-refractivity contribution in [3.63, 3.8) is 0 Å². The largest absolute Gasteiger partial charge is 0.388 e. The van der Waals surface area contributed by atoms with Crippen LogP contribution in [0.15, 0.2) is 11.1 Å². The molecule has 0 saturated carbocycles. The van der Waals surface area contributed by atoms with Crippen molar-refractivity contribution in [3.8, 4) is 0 Å². The lowest BCUT2D eigenvalue weighted by atomic mass is 9.99. The van der Waals surface area contributed by atoms with Crippen LogP contribution < -0.4 is 0 Å². The quantitative estimate of drug-likeness (QED) is 0.861.